The summed E-state index contributed by atoms with van der Waals surface area (Å²) >= 11 is 5.93. The van der Waals surface area contributed by atoms with Crippen LogP contribution >= 0.6 is 11.6 Å². The van der Waals surface area contributed by atoms with E-state index < -0.39 is 16.0 Å². The number of carbonyl (C=O) groups excluding carboxylic acids is 1. The summed E-state index contributed by atoms with van der Waals surface area (Å²) in [5, 5.41) is 10.9. The number of carbonyl (C=O) groups is 1. The smallest absolute Gasteiger partial charge is 0.244 e. The van der Waals surface area contributed by atoms with Gasteiger partial charge in [-0.05, 0) is 31.5 Å². The Labute approximate surface area is 128 Å². The highest BCUT2D eigenvalue weighted by molar-refractivity contribution is 7.89. The fraction of sp³-hybridized carbons (Fsp3) is 0.462. The molecule has 21 heavy (non-hydrogen) atoms. The van der Waals surface area contributed by atoms with E-state index in [0.29, 0.717) is 0 Å². The van der Waals surface area contributed by atoms with Crippen LogP contribution in [0.1, 0.15) is 24.2 Å². The number of sulfonamides is 1. The minimum absolute atomic E-state index is 0.0215. The van der Waals surface area contributed by atoms with Crippen molar-refractivity contribution in [1.29, 1.82) is 0 Å². The lowest BCUT2D eigenvalue weighted by Gasteiger charge is -2.34. The van der Waals surface area contributed by atoms with Crippen molar-refractivity contribution in [1.82, 2.24) is 4.31 Å². The second kappa shape index (κ2) is 5.92. The van der Waals surface area contributed by atoms with Gasteiger partial charge in [-0.15, -0.1) is 0 Å². The first-order valence-corrected chi connectivity index (χ1v) is 8.20. The third-order valence-corrected chi connectivity index (χ3v) is 5.48. The topological polar surface area (TPSA) is 86.7 Å². The van der Waals surface area contributed by atoms with Crippen LogP contribution in [0.5, 0.6) is 0 Å². The molecule has 0 radical (unpaired) electrons. The summed E-state index contributed by atoms with van der Waals surface area (Å²) in [5.41, 5.74) is -0.229. The number of aromatic carboxylic acids is 1. The molecule has 1 heterocycles. The van der Waals surface area contributed by atoms with Crippen molar-refractivity contribution in [3.63, 3.8) is 0 Å². The first-order valence-electron chi connectivity index (χ1n) is 6.38. The van der Waals surface area contributed by atoms with Crippen LogP contribution in [-0.2, 0) is 14.8 Å². The number of morpholine rings is 1. The molecule has 2 atom stereocenters. The zero-order valence-electron chi connectivity index (χ0n) is 11.6. The molecule has 1 fully saturated rings. The maximum atomic E-state index is 12.6. The summed E-state index contributed by atoms with van der Waals surface area (Å²) in [6.45, 7) is 3.94. The van der Waals surface area contributed by atoms with E-state index >= 15 is 0 Å². The molecule has 0 unspecified atom stereocenters. The van der Waals surface area contributed by atoms with Crippen molar-refractivity contribution in [2.45, 2.75) is 31.0 Å². The minimum Gasteiger partial charge on any atom is -0.545 e. The standard InChI is InChI=1S/C13H16ClNO5S/c1-8-6-15(7-9(2)20-8)21(18,19)12-5-10(13(16)17)3-4-11(12)14/h3-5,8-9H,6-7H2,1-2H3,(H,16,17)/p-1/t8-,9+. The predicted molar refractivity (Wildman–Crippen MR) is 74.6 cm³/mol. The van der Waals surface area contributed by atoms with Gasteiger partial charge in [-0.2, -0.15) is 4.31 Å². The van der Waals surface area contributed by atoms with E-state index in [0.717, 1.165) is 6.07 Å². The summed E-state index contributed by atoms with van der Waals surface area (Å²) in [6, 6.07) is 3.48. The van der Waals surface area contributed by atoms with Gasteiger partial charge >= 0.3 is 0 Å². The highest BCUT2D eigenvalue weighted by atomic mass is 35.5. The van der Waals surface area contributed by atoms with E-state index in [-0.39, 0.29) is 40.8 Å². The Hall–Kier alpha value is -1.15. The molecule has 1 saturated heterocycles. The molecule has 0 aliphatic carbocycles. The minimum atomic E-state index is -3.88. The average Bonchev–Trinajstić information content (AvgIpc) is 2.37. The third-order valence-electron chi connectivity index (χ3n) is 3.17. The molecule has 1 aromatic carbocycles. The zero-order chi connectivity index (χ0) is 15.8. The first-order chi connectivity index (χ1) is 9.71. The van der Waals surface area contributed by atoms with E-state index in [1.807, 2.05) is 0 Å². The van der Waals surface area contributed by atoms with Crippen molar-refractivity contribution in [3.05, 3.63) is 28.8 Å². The molecule has 0 amide bonds. The molecule has 8 heteroatoms. The van der Waals surface area contributed by atoms with Crippen molar-refractivity contribution >= 4 is 27.6 Å². The highest BCUT2D eigenvalue weighted by Gasteiger charge is 2.33. The maximum Gasteiger partial charge on any atom is 0.244 e. The number of hydrogen-bond acceptors (Lipinski definition) is 5. The summed E-state index contributed by atoms with van der Waals surface area (Å²) in [7, 11) is -3.88. The molecule has 0 saturated carbocycles. The molecule has 1 aliphatic rings. The number of halogens is 1. The lowest BCUT2D eigenvalue weighted by Crippen LogP contribution is -2.48. The number of rotatable bonds is 3. The van der Waals surface area contributed by atoms with Crippen LogP contribution in [0.25, 0.3) is 0 Å². The monoisotopic (exact) mass is 332 g/mol. The number of carboxylic acid groups (broad SMARTS) is 1. The molecule has 6 nitrogen and oxygen atoms in total. The highest BCUT2D eigenvalue weighted by Crippen LogP contribution is 2.27. The fourth-order valence-corrected chi connectivity index (χ4v) is 4.39. The summed E-state index contributed by atoms with van der Waals surface area (Å²) in [4.78, 5) is 10.7. The Morgan fingerprint density at radius 2 is 1.90 bits per heavy atom. The molecule has 0 N–H and O–H groups in total. The third kappa shape index (κ3) is 3.37. The molecule has 1 aliphatic heterocycles. The largest absolute Gasteiger partial charge is 0.545 e. The first kappa shape index (κ1) is 16.2. The van der Waals surface area contributed by atoms with Crippen LogP contribution in [0, 0.1) is 0 Å². The van der Waals surface area contributed by atoms with Crippen LogP contribution in [0.2, 0.25) is 5.02 Å². The summed E-state index contributed by atoms with van der Waals surface area (Å²) in [5.74, 6) is -1.45. The number of nitrogens with zero attached hydrogens (tertiary/aromatic N) is 1. The van der Waals surface area contributed by atoms with Gasteiger partial charge in [0.15, 0.2) is 0 Å². The molecule has 1 aromatic rings. The van der Waals surface area contributed by atoms with Gasteiger partial charge in [0.05, 0.1) is 23.2 Å². The molecule has 0 spiro atoms. The van der Waals surface area contributed by atoms with Gasteiger partial charge in [0, 0.05) is 13.1 Å². The van der Waals surface area contributed by atoms with E-state index in [1.54, 1.807) is 13.8 Å². The Balaban J connectivity index is 2.44. The summed E-state index contributed by atoms with van der Waals surface area (Å²) in [6.07, 6.45) is -0.488. The summed E-state index contributed by atoms with van der Waals surface area (Å²) < 4.78 is 32.0. The second-order valence-corrected chi connectivity index (χ2v) is 7.33. The van der Waals surface area contributed by atoms with Crippen LogP contribution in [0.15, 0.2) is 23.1 Å². The number of ether oxygens (including phenoxy) is 1. The predicted octanol–water partition coefficient (Wildman–Crippen LogP) is 0.501. The van der Waals surface area contributed by atoms with E-state index in [2.05, 4.69) is 0 Å². The van der Waals surface area contributed by atoms with E-state index in [4.69, 9.17) is 16.3 Å². The van der Waals surface area contributed by atoms with Gasteiger partial charge in [0.1, 0.15) is 4.90 Å². The normalized spacial score (nSPS) is 24.0. The van der Waals surface area contributed by atoms with Crippen LogP contribution < -0.4 is 5.11 Å². The number of carboxylic acids is 1. The Morgan fingerprint density at radius 3 is 2.43 bits per heavy atom. The van der Waals surface area contributed by atoms with Gasteiger partial charge < -0.3 is 14.6 Å². The molecule has 0 bridgehead atoms. The van der Waals surface area contributed by atoms with Crippen LogP contribution in [0.4, 0.5) is 0 Å². The van der Waals surface area contributed by atoms with Gasteiger partial charge in [0.2, 0.25) is 10.0 Å². The molecule has 2 rings (SSSR count). The number of benzene rings is 1. The van der Waals surface area contributed by atoms with Gasteiger partial charge in [-0.25, -0.2) is 8.42 Å². The van der Waals surface area contributed by atoms with Gasteiger partial charge in [0.25, 0.3) is 0 Å². The molecule has 0 aromatic heterocycles. The Kier molecular flexibility index (Phi) is 4.57. The van der Waals surface area contributed by atoms with Crippen molar-refractivity contribution in [3.8, 4) is 0 Å². The van der Waals surface area contributed by atoms with Crippen molar-refractivity contribution in [2.24, 2.45) is 0 Å². The Morgan fingerprint density at radius 1 is 1.33 bits per heavy atom. The Bertz CT molecular complexity index is 651. The van der Waals surface area contributed by atoms with Gasteiger partial charge in [-0.1, -0.05) is 17.7 Å². The maximum absolute atomic E-state index is 12.6. The van der Waals surface area contributed by atoms with Crippen molar-refractivity contribution in [2.75, 3.05) is 13.1 Å². The van der Waals surface area contributed by atoms with E-state index in [1.165, 1.54) is 16.4 Å². The average molecular weight is 333 g/mol. The molecular weight excluding hydrogens is 318 g/mol. The quantitative estimate of drug-likeness (QED) is 0.804. The number of hydrogen-bond donors (Lipinski definition) is 0. The molecular formula is C13H15ClNO5S-. The SMILES string of the molecule is C[C@@H]1CN(S(=O)(=O)c2cc(C(=O)[O-])ccc2Cl)C[C@H](C)O1. The van der Waals surface area contributed by atoms with Crippen molar-refractivity contribution < 1.29 is 23.1 Å². The van der Waals surface area contributed by atoms with Crippen LogP contribution in [-0.4, -0.2) is 44.0 Å². The zero-order valence-corrected chi connectivity index (χ0v) is 13.1. The van der Waals surface area contributed by atoms with Crippen LogP contribution in [0.3, 0.4) is 0 Å². The lowest BCUT2D eigenvalue weighted by atomic mass is 10.2. The van der Waals surface area contributed by atoms with E-state index in [9.17, 15) is 18.3 Å². The van der Waals surface area contributed by atoms with Gasteiger partial charge in [-0.3, -0.25) is 0 Å². The fourth-order valence-electron chi connectivity index (χ4n) is 2.29. The lowest BCUT2D eigenvalue weighted by molar-refractivity contribution is -0.255. The second-order valence-electron chi connectivity index (χ2n) is 5.01. The molecule has 116 valence electrons.